The van der Waals surface area contributed by atoms with Crippen molar-refractivity contribution in [2.24, 2.45) is 5.92 Å². The third-order valence-corrected chi connectivity index (χ3v) is 3.18. The zero-order chi connectivity index (χ0) is 10.3. The monoisotopic (exact) mass is 222 g/mol. The van der Waals surface area contributed by atoms with Gasteiger partial charge in [-0.25, -0.2) is 4.98 Å². The molecular formula is C11H11ClN2O. The number of hydrogen-bond donors (Lipinski definition) is 1. The maximum Gasteiger partial charge on any atom is 0.137 e. The summed E-state index contributed by atoms with van der Waals surface area (Å²) < 4.78 is 5.60. The predicted octanol–water partition coefficient (Wildman–Crippen LogP) is 1.64. The molecule has 0 radical (unpaired) electrons. The van der Waals surface area contributed by atoms with Gasteiger partial charge in [-0.15, -0.1) is 0 Å². The lowest BCUT2D eigenvalue weighted by molar-refractivity contribution is 0.128. The first-order valence-electron chi connectivity index (χ1n) is 5.02. The van der Waals surface area contributed by atoms with E-state index in [2.05, 4.69) is 22.5 Å². The van der Waals surface area contributed by atoms with Crippen molar-refractivity contribution in [3.63, 3.8) is 0 Å². The van der Waals surface area contributed by atoms with Crippen LogP contribution in [0, 0.1) is 5.92 Å². The molecule has 0 aromatic carbocycles. The van der Waals surface area contributed by atoms with Gasteiger partial charge in [-0.3, -0.25) is 0 Å². The molecule has 1 aliphatic carbocycles. The van der Waals surface area contributed by atoms with Gasteiger partial charge < -0.3 is 10.1 Å². The molecule has 4 heteroatoms. The molecule has 0 amide bonds. The van der Waals surface area contributed by atoms with Crippen LogP contribution in [-0.2, 0) is 0 Å². The fraction of sp³-hybridized carbons (Fsp3) is 0.364. The van der Waals surface area contributed by atoms with Crippen LogP contribution < -0.4 is 10.1 Å². The van der Waals surface area contributed by atoms with Crippen molar-refractivity contribution < 1.29 is 4.74 Å². The number of pyridine rings is 1. The van der Waals surface area contributed by atoms with Gasteiger partial charge in [0.2, 0.25) is 0 Å². The Morgan fingerprint density at radius 3 is 2.87 bits per heavy atom. The first-order chi connectivity index (χ1) is 7.33. The molecule has 1 aromatic rings. The molecule has 1 aliphatic heterocycles. The van der Waals surface area contributed by atoms with Gasteiger partial charge in [-0.2, -0.15) is 0 Å². The zero-order valence-corrected chi connectivity index (χ0v) is 8.82. The summed E-state index contributed by atoms with van der Waals surface area (Å²) in [5, 5.41) is 3.89. The third-order valence-electron chi connectivity index (χ3n) is 2.96. The first kappa shape index (κ1) is 9.19. The van der Waals surface area contributed by atoms with E-state index in [1.165, 1.54) is 0 Å². The minimum Gasteiger partial charge on any atom is -0.490 e. The molecule has 0 saturated carbocycles. The third kappa shape index (κ3) is 1.62. The zero-order valence-electron chi connectivity index (χ0n) is 8.06. The van der Waals surface area contributed by atoms with Gasteiger partial charge in [0.15, 0.2) is 0 Å². The molecule has 78 valence electrons. The molecule has 0 spiro atoms. The Bertz CT molecular complexity index is 390. The fourth-order valence-electron chi connectivity index (χ4n) is 1.93. The Morgan fingerprint density at radius 2 is 2.33 bits per heavy atom. The fourth-order valence-corrected chi connectivity index (χ4v) is 2.05. The van der Waals surface area contributed by atoms with Crippen LogP contribution in [-0.4, -0.2) is 23.7 Å². The maximum atomic E-state index is 5.68. The van der Waals surface area contributed by atoms with Gasteiger partial charge in [-0.05, 0) is 12.1 Å². The Hall–Kier alpha value is -1.06. The van der Waals surface area contributed by atoms with Crippen LogP contribution in [0.3, 0.4) is 0 Å². The molecule has 1 aromatic heterocycles. The highest BCUT2D eigenvalue weighted by Gasteiger charge is 2.42. The van der Waals surface area contributed by atoms with Crippen molar-refractivity contribution in [1.29, 1.82) is 0 Å². The van der Waals surface area contributed by atoms with E-state index >= 15 is 0 Å². The minimum absolute atomic E-state index is 0.454. The topological polar surface area (TPSA) is 34.1 Å². The largest absolute Gasteiger partial charge is 0.490 e. The molecule has 15 heavy (non-hydrogen) atoms. The van der Waals surface area contributed by atoms with Gasteiger partial charge in [-0.1, -0.05) is 23.8 Å². The number of nitrogens with zero attached hydrogens (tertiary/aromatic N) is 1. The highest BCUT2D eigenvalue weighted by molar-refractivity contribution is 6.29. The van der Waals surface area contributed by atoms with Crippen LogP contribution in [0.5, 0.6) is 5.75 Å². The molecule has 3 rings (SSSR count). The summed E-state index contributed by atoms with van der Waals surface area (Å²) in [4.78, 5) is 3.95. The van der Waals surface area contributed by atoms with E-state index < -0.39 is 0 Å². The normalized spacial score (nSPS) is 31.4. The molecule has 3 atom stereocenters. The van der Waals surface area contributed by atoms with E-state index in [-0.39, 0.29) is 0 Å². The number of ether oxygens (including phenoxy) is 1. The second-order valence-corrected chi connectivity index (χ2v) is 4.28. The summed E-state index contributed by atoms with van der Waals surface area (Å²) in [6, 6.07) is 4.62. The highest BCUT2D eigenvalue weighted by Crippen LogP contribution is 2.31. The van der Waals surface area contributed by atoms with Crippen LogP contribution >= 0.6 is 11.6 Å². The van der Waals surface area contributed by atoms with Crippen LogP contribution in [0.2, 0.25) is 5.15 Å². The Morgan fingerprint density at radius 1 is 1.40 bits per heavy atom. The van der Waals surface area contributed by atoms with Crippen LogP contribution in [0.25, 0.3) is 0 Å². The maximum absolute atomic E-state index is 5.68. The molecule has 2 unspecified atom stereocenters. The summed E-state index contributed by atoms with van der Waals surface area (Å²) in [7, 11) is 0. The number of nitrogens with one attached hydrogen (secondary N) is 1. The number of aromatic nitrogens is 1. The van der Waals surface area contributed by atoms with Crippen molar-refractivity contribution in [3.8, 4) is 5.75 Å². The average Bonchev–Trinajstić information content (AvgIpc) is 2.22. The Kier molecular flexibility index (Phi) is 2.15. The molecule has 1 fully saturated rings. The van der Waals surface area contributed by atoms with Crippen molar-refractivity contribution >= 4 is 11.6 Å². The standard InChI is InChI=1S/C11H11ClN2O/c12-11-4-1-7(5-13-11)15-6-10-8-2-3-9(8)14-10/h1-5,8-10,14H,6H2/t8?,9?,10-/m1/s1. The van der Waals surface area contributed by atoms with Crippen molar-refractivity contribution in [2.45, 2.75) is 12.1 Å². The molecular weight excluding hydrogens is 212 g/mol. The molecule has 1 saturated heterocycles. The smallest absolute Gasteiger partial charge is 0.137 e. The SMILES string of the molecule is Clc1ccc(OC[C@H]2NC3C=CC32)cn1. The van der Waals surface area contributed by atoms with Gasteiger partial charge in [0, 0.05) is 18.0 Å². The summed E-state index contributed by atoms with van der Waals surface area (Å²) in [6.45, 7) is 0.689. The molecule has 2 heterocycles. The van der Waals surface area contributed by atoms with Gasteiger partial charge in [0.25, 0.3) is 0 Å². The molecule has 1 N–H and O–H groups in total. The highest BCUT2D eigenvalue weighted by atomic mass is 35.5. The summed E-state index contributed by atoms with van der Waals surface area (Å²) in [5.74, 6) is 1.44. The van der Waals surface area contributed by atoms with E-state index in [9.17, 15) is 0 Å². The van der Waals surface area contributed by atoms with Crippen molar-refractivity contribution in [3.05, 3.63) is 35.6 Å². The quantitative estimate of drug-likeness (QED) is 0.624. The first-order valence-corrected chi connectivity index (χ1v) is 5.39. The van der Waals surface area contributed by atoms with Crippen molar-refractivity contribution in [1.82, 2.24) is 10.3 Å². The Labute approximate surface area is 93.1 Å². The number of halogens is 1. The van der Waals surface area contributed by atoms with Crippen LogP contribution in [0.4, 0.5) is 0 Å². The summed E-state index contributed by atoms with van der Waals surface area (Å²) in [6.07, 6.45) is 6.06. The van der Waals surface area contributed by atoms with Crippen molar-refractivity contribution in [2.75, 3.05) is 6.61 Å². The number of hydrogen-bond acceptors (Lipinski definition) is 3. The second-order valence-electron chi connectivity index (χ2n) is 3.89. The summed E-state index contributed by atoms with van der Waals surface area (Å²) in [5.41, 5.74) is 0. The van der Waals surface area contributed by atoms with Gasteiger partial charge in [0.1, 0.15) is 17.5 Å². The predicted molar refractivity (Wildman–Crippen MR) is 58.1 cm³/mol. The van der Waals surface area contributed by atoms with E-state index in [0.29, 0.717) is 29.8 Å². The Balaban J connectivity index is 1.54. The van der Waals surface area contributed by atoms with E-state index in [0.717, 1.165) is 5.75 Å². The lowest BCUT2D eigenvalue weighted by atomic mass is 9.75. The lowest BCUT2D eigenvalue weighted by Crippen LogP contribution is -2.65. The molecule has 0 bridgehead atoms. The number of rotatable bonds is 3. The average molecular weight is 223 g/mol. The van der Waals surface area contributed by atoms with E-state index in [1.54, 1.807) is 12.3 Å². The summed E-state index contributed by atoms with van der Waals surface area (Å²) >= 11 is 5.68. The van der Waals surface area contributed by atoms with E-state index in [4.69, 9.17) is 16.3 Å². The second kappa shape index (κ2) is 3.51. The van der Waals surface area contributed by atoms with Crippen LogP contribution in [0.15, 0.2) is 30.5 Å². The molecule has 2 aliphatic rings. The van der Waals surface area contributed by atoms with E-state index in [1.807, 2.05) is 6.07 Å². The minimum atomic E-state index is 0.454. The molecule has 3 nitrogen and oxygen atoms in total. The van der Waals surface area contributed by atoms with Gasteiger partial charge in [0.05, 0.1) is 6.20 Å². The van der Waals surface area contributed by atoms with Gasteiger partial charge >= 0.3 is 0 Å². The van der Waals surface area contributed by atoms with Crippen LogP contribution in [0.1, 0.15) is 0 Å². The lowest BCUT2D eigenvalue weighted by Gasteiger charge is -2.48. The number of fused-ring (bicyclic) bond motifs is 1.